The van der Waals surface area contributed by atoms with Gasteiger partial charge in [0.05, 0.1) is 37.0 Å². The second kappa shape index (κ2) is 11.5. The van der Waals surface area contributed by atoms with E-state index in [1.807, 2.05) is 25.1 Å². The third-order valence-corrected chi connectivity index (χ3v) is 7.43. The minimum Gasteiger partial charge on any atom is -0.494 e. The lowest BCUT2D eigenvalue weighted by Crippen LogP contribution is -2.09. The number of fused-ring (bicyclic) bond motifs is 3. The van der Waals surface area contributed by atoms with Crippen molar-refractivity contribution in [2.45, 2.75) is 31.8 Å². The fraction of sp³-hybridized carbons (Fsp3) is 0.206. The molecule has 4 aromatic rings. The van der Waals surface area contributed by atoms with E-state index < -0.39 is 17.8 Å². The molecular formula is C34H26FNO6. The molecule has 2 atom stereocenters. The molecule has 0 spiro atoms. The maximum Gasteiger partial charge on any atom is 0.343 e. The molecule has 1 aliphatic heterocycles. The summed E-state index contributed by atoms with van der Waals surface area (Å²) in [6.45, 7) is 10.4. The van der Waals surface area contributed by atoms with E-state index in [9.17, 15) is 14.0 Å². The Hall–Kier alpha value is -5.00. The third-order valence-electron chi connectivity index (χ3n) is 7.43. The second-order valence-electron chi connectivity index (χ2n) is 10.2. The quantitative estimate of drug-likeness (QED) is 0.0690. The molecule has 0 saturated carbocycles. The molecule has 1 aliphatic carbocycles. The number of rotatable bonds is 9. The van der Waals surface area contributed by atoms with Crippen LogP contribution in [-0.2, 0) is 4.74 Å². The lowest BCUT2D eigenvalue weighted by molar-refractivity contribution is 0.0725. The van der Waals surface area contributed by atoms with Gasteiger partial charge in [-0.05, 0) is 89.7 Å². The molecule has 0 bridgehead atoms. The lowest BCUT2D eigenvalue weighted by Gasteiger charge is -2.10. The monoisotopic (exact) mass is 563 g/mol. The van der Waals surface area contributed by atoms with Crippen LogP contribution >= 0.6 is 0 Å². The van der Waals surface area contributed by atoms with Crippen LogP contribution in [0, 0.1) is 12.4 Å². The Morgan fingerprint density at radius 2 is 1.43 bits per heavy atom. The first-order valence-corrected chi connectivity index (χ1v) is 13.6. The van der Waals surface area contributed by atoms with E-state index in [4.69, 9.17) is 25.5 Å². The van der Waals surface area contributed by atoms with Gasteiger partial charge in [0.15, 0.2) is 0 Å². The van der Waals surface area contributed by atoms with Gasteiger partial charge in [-0.25, -0.2) is 18.8 Å². The molecule has 1 fully saturated rings. The highest BCUT2D eigenvalue weighted by Gasteiger charge is 2.27. The first-order valence-electron chi connectivity index (χ1n) is 13.6. The summed E-state index contributed by atoms with van der Waals surface area (Å²) in [4.78, 5) is 28.5. The van der Waals surface area contributed by atoms with E-state index in [2.05, 4.69) is 4.85 Å². The van der Waals surface area contributed by atoms with Gasteiger partial charge in [0.2, 0.25) is 5.69 Å². The number of carbonyl (C=O) groups excluding carboxylic acids is 2. The zero-order valence-electron chi connectivity index (χ0n) is 22.8. The lowest BCUT2D eigenvalue weighted by atomic mass is 9.99. The van der Waals surface area contributed by atoms with Crippen LogP contribution in [0.15, 0.2) is 78.9 Å². The summed E-state index contributed by atoms with van der Waals surface area (Å²) in [5, 5.41) is 0. The number of nitrogens with zero attached hydrogens (tertiary/aromatic N) is 1. The number of benzene rings is 4. The molecule has 8 heteroatoms. The first kappa shape index (κ1) is 27.2. The van der Waals surface area contributed by atoms with Crippen LogP contribution < -0.4 is 14.2 Å². The van der Waals surface area contributed by atoms with Gasteiger partial charge in [-0.15, -0.1) is 0 Å². The van der Waals surface area contributed by atoms with Crippen molar-refractivity contribution in [3.63, 3.8) is 0 Å². The smallest absolute Gasteiger partial charge is 0.343 e. The molecule has 0 radical (unpaired) electrons. The van der Waals surface area contributed by atoms with Crippen LogP contribution in [0.2, 0.25) is 0 Å². The number of epoxide rings is 1. The normalized spacial score (nSPS) is 16.1. The molecule has 4 aromatic carbocycles. The van der Waals surface area contributed by atoms with Crippen LogP contribution in [0.3, 0.4) is 0 Å². The number of ether oxygens (including phenoxy) is 4. The SMILES string of the molecule is [C-]#[N+]c1ccc(C(=O)Oc2ccc3c(c2)C(C)c2cc(OC(=O)c4ccc(OCCCC5CO5)cc4)ccc2-3)cc1F. The topological polar surface area (TPSA) is 78.7 Å². The van der Waals surface area contributed by atoms with Gasteiger partial charge in [-0.3, -0.25) is 0 Å². The van der Waals surface area contributed by atoms with Crippen molar-refractivity contribution in [3.8, 4) is 28.4 Å². The summed E-state index contributed by atoms with van der Waals surface area (Å²) in [5.74, 6) is -0.558. The highest BCUT2D eigenvalue weighted by atomic mass is 19.1. The molecule has 0 aromatic heterocycles. The molecule has 0 amide bonds. The Kier molecular flexibility index (Phi) is 7.43. The molecular weight excluding hydrogens is 537 g/mol. The van der Waals surface area contributed by atoms with Gasteiger partial charge >= 0.3 is 11.9 Å². The Balaban J connectivity index is 1.10. The number of hydrogen-bond donors (Lipinski definition) is 0. The van der Waals surface area contributed by atoms with Crippen molar-refractivity contribution in [3.05, 3.63) is 118 Å². The van der Waals surface area contributed by atoms with Gasteiger partial charge in [-0.2, -0.15) is 0 Å². The van der Waals surface area contributed by atoms with Gasteiger partial charge < -0.3 is 18.9 Å². The van der Waals surface area contributed by atoms with Crippen LogP contribution in [0.5, 0.6) is 17.2 Å². The molecule has 2 aliphatic rings. The molecule has 210 valence electrons. The molecule has 0 N–H and O–H groups in total. The van der Waals surface area contributed by atoms with Gasteiger partial charge in [-0.1, -0.05) is 31.2 Å². The maximum absolute atomic E-state index is 14.0. The summed E-state index contributed by atoms with van der Waals surface area (Å²) in [7, 11) is 0. The molecule has 2 unspecified atom stereocenters. The largest absolute Gasteiger partial charge is 0.494 e. The summed E-state index contributed by atoms with van der Waals surface area (Å²) in [6.07, 6.45) is 2.30. The van der Waals surface area contributed by atoms with Gasteiger partial charge in [0.1, 0.15) is 23.1 Å². The minimum atomic E-state index is -0.773. The summed E-state index contributed by atoms with van der Waals surface area (Å²) < 4.78 is 36.1. The maximum atomic E-state index is 14.0. The fourth-order valence-electron chi connectivity index (χ4n) is 5.06. The average Bonchev–Trinajstić information content (AvgIpc) is 3.79. The van der Waals surface area contributed by atoms with E-state index in [-0.39, 0.29) is 17.2 Å². The van der Waals surface area contributed by atoms with Crippen molar-refractivity contribution in [2.24, 2.45) is 0 Å². The number of esters is 2. The third kappa shape index (κ3) is 5.73. The van der Waals surface area contributed by atoms with Gasteiger partial charge in [0.25, 0.3) is 0 Å². The average molecular weight is 564 g/mol. The molecule has 42 heavy (non-hydrogen) atoms. The van der Waals surface area contributed by atoms with Crippen LogP contribution in [0.25, 0.3) is 16.0 Å². The van der Waals surface area contributed by atoms with E-state index in [1.165, 1.54) is 12.1 Å². The standard InChI is InChI=1S/C34H26FNO6/c1-20-29-17-24(41-33(37)21-5-8-23(9-6-21)39-15-3-4-26-19-40-26)10-12-27(29)28-13-11-25(18-30(20)28)42-34(38)22-7-14-32(36-2)31(35)16-22/h5-14,16-18,20,26H,3-4,15,19H2,1H3. The fourth-order valence-corrected chi connectivity index (χ4v) is 5.06. The van der Waals surface area contributed by atoms with E-state index in [1.54, 1.807) is 42.5 Å². The predicted molar refractivity (Wildman–Crippen MR) is 153 cm³/mol. The minimum absolute atomic E-state index is 0.0183. The van der Waals surface area contributed by atoms with Crippen LogP contribution in [0.1, 0.15) is 57.5 Å². The highest BCUT2D eigenvalue weighted by molar-refractivity contribution is 5.92. The summed E-state index contributed by atoms with van der Waals surface area (Å²) in [5.41, 5.74) is 4.20. The number of hydrogen-bond acceptors (Lipinski definition) is 6. The zero-order valence-corrected chi connectivity index (χ0v) is 22.8. The van der Waals surface area contributed by atoms with Crippen molar-refractivity contribution in [2.75, 3.05) is 13.2 Å². The molecule has 7 nitrogen and oxygen atoms in total. The Morgan fingerprint density at radius 3 is 2.00 bits per heavy atom. The van der Waals surface area contributed by atoms with Crippen molar-refractivity contribution >= 4 is 17.6 Å². The molecule has 6 rings (SSSR count). The van der Waals surface area contributed by atoms with Gasteiger partial charge in [0, 0.05) is 5.92 Å². The Morgan fingerprint density at radius 1 is 0.857 bits per heavy atom. The first-order chi connectivity index (χ1) is 20.4. The molecule has 1 saturated heterocycles. The van der Waals surface area contributed by atoms with Crippen LogP contribution in [0.4, 0.5) is 10.1 Å². The summed E-state index contributed by atoms with van der Waals surface area (Å²) in [6, 6.07) is 21.4. The second-order valence-corrected chi connectivity index (χ2v) is 10.2. The van der Waals surface area contributed by atoms with Crippen molar-refractivity contribution in [1.29, 1.82) is 0 Å². The van der Waals surface area contributed by atoms with Crippen molar-refractivity contribution < 1.29 is 32.9 Å². The predicted octanol–water partition coefficient (Wildman–Crippen LogP) is 7.50. The highest BCUT2D eigenvalue weighted by Crippen LogP contribution is 2.47. The number of halogens is 1. The Bertz CT molecular complexity index is 1720. The van der Waals surface area contributed by atoms with Crippen LogP contribution in [-0.4, -0.2) is 31.3 Å². The van der Waals surface area contributed by atoms with Crippen molar-refractivity contribution in [1.82, 2.24) is 0 Å². The van der Waals surface area contributed by atoms with E-state index in [0.29, 0.717) is 35.5 Å². The van der Waals surface area contributed by atoms with E-state index in [0.717, 1.165) is 47.8 Å². The number of carbonyl (C=O) groups is 2. The summed E-state index contributed by atoms with van der Waals surface area (Å²) >= 11 is 0. The Labute approximate surface area is 242 Å². The zero-order chi connectivity index (χ0) is 29.2. The molecule has 1 heterocycles. The van der Waals surface area contributed by atoms with E-state index >= 15 is 0 Å².